The Labute approximate surface area is 310 Å². The molecule has 51 heavy (non-hydrogen) atoms. The molecule has 3 atom stereocenters. The molecule has 0 aliphatic carbocycles. The Morgan fingerprint density at radius 2 is 1.06 bits per heavy atom. The van der Waals surface area contributed by atoms with Gasteiger partial charge in [-0.1, -0.05) is 134 Å². The highest BCUT2D eigenvalue weighted by molar-refractivity contribution is 7.47. The SMILES string of the molecule is C=CCCCCCCCCCCCCCCCC(=O)O[C@H](COC(=O)CCCCC/C=C/CCCCCCCC)COP(=O)(O)OC[C@@H](O)CO. The van der Waals surface area contributed by atoms with E-state index in [1.165, 1.54) is 96.3 Å². The lowest BCUT2D eigenvalue weighted by Crippen LogP contribution is -2.29. The topological polar surface area (TPSA) is 149 Å². The minimum absolute atomic E-state index is 0.181. The highest BCUT2D eigenvalue weighted by Gasteiger charge is 2.27. The van der Waals surface area contributed by atoms with Crippen LogP contribution in [-0.2, 0) is 32.7 Å². The fourth-order valence-corrected chi connectivity index (χ4v) is 6.35. The zero-order chi connectivity index (χ0) is 37.7. The molecule has 0 aromatic carbocycles. The van der Waals surface area contributed by atoms with Crippen molar-refractivity contribution in [2.75, 3.05) is 26.4 Å². The number of hydrogen-bond donors (Lipinski definition) is 3. The van der Waals surface area contributed by atoms with Gasteiger partial charge in [-0.3, -0.25) is 18.6 Å². The van der Waals surface area contributed by atoms with Gasteiger partial charge in [0, 0.05) is 12.8 Å². The summed E-state index contributed by atoms with van der Waals surface area (Å²) in [6, 6.07) is 0. The standard InChI is InChI=1S/C40H75O10P/c1-3-5-7-9-11-13-15-17-18-20-22-24-26-28-30-32-40(44)50-38(36-49-51(45,46)48-34-37(42)33-41)35-47-39(43)31-29-27-25-23-21-19-16-14-12-10-8-6-4-2/h3,19,21,37-38,41-42H,1,4-18,20,22-36H2,2H3,(H,45,46)/b21-19+/t37-,38+/m0/s1. The van der Waals surface area contributed by atoms with Crippen LogP contribution in [0.1, 0.15) is 180 Å². The summed E-state index contributed by atoms with van der Waals surface area (Å²) < 4.78 is 32.6. The fourth-order valence-electron chi connectivity index (χ4n) is 5.56. The van der Waals surface area contributed by atoms with Crippen LogP contribution in [0.3, 0.4) is 0 Å². The van der Waals surface area contributed by atoms with E-state index in [0.29, 0.717) is 12.8 Å². The molecule has 0 bridgehead atoms. The Bertz CT molecular complexity index is 896. The molecule has 0 amide bonds. The fraction of sp³-hybridized carbons (Fsp3) is 0.850. The third-order valence-electron chi connectivity index (χ3n) is 8.72. The highest BCUT2D eigenvalue weighted by Crippen LogP contribution is 2.43. The maximum Gasteiger partial charge on any atom is 0.472 e. The van der Waals surface area contributed by atoms with Crippen LogP contribution >= 0.6 is 7.82 Å². The molecule has 0 aromatic rings. The maximum absolute atomic E-state index is 12.6. The zero-order valence-corrected chi connectivity index (χ0v) is 33.1. The Balaban J connectivity index is 4.33. The molecule has 0 aromatic heterocycles. The number of esters is 2. The summed E-state index contributed by atoms with van der Waals surface area (Å²) in [4.78, 5) is 34.9. The number of phosphoric acid groups is 1. The van der Waals surface area contributed by atoms with Gasteiger partial charge in [-0.2, -0.15) is 0 Å². The van der Waals surface area contributed by atoms with E-state index in [9.17, 15) is 24.2 Å². The van der Waals surface area contributed by atoms with Gasteiger partial charge in [0.15, 0.2) is 6.10 Å². The smallest absolute Gasteiger partial charge is 0.462 e. The van der Waals surface area contributed by atoms with Gasteiger partial charge in [0.25, 0.3) is 0 Å². The number of unbranched alkanes of at least 4 members (excludes halogenated alkanes) is 22. The van der Waals surface area contributed by atoms with Gasteiger partial charge >= 0.3 is 19.8 Å². The molecule has 0 saturated heterocycles. The highest BCUT2D eigenvalue weighted by atomic mass is 31.2. The average Bonchev–Trinajstić information content (AvgIpc) is 3.12. The number of carbonyl (C=O) groups excluding carboxylic acids is 2. The first-order chi connectivity index (χ1) is 24.7. The van der Waals surface area contributed by atoms with E-state index >= 15 is 0 Å². The number of phosphoric ester groups is 1. The average molecular weight is 747 g/mol. The van der Waals surface area contributed by atoms with Gasteiger partial charge < -0.3 is 24.6 Å². The zero-order valence-electron chi connectivity index (χ0n) is 32.2. The van der Waals surface area contributed by atoms with Crippen molar-refractivity contribution in [3.05, 3.63) is 24.8 Å². The molecule has 0 aliphatic rings. The number of rotatable bonds is 39. The molecular formula is C40H75O10P. The Morgan fingerprint density at radius 1 is 0.627 bits per heavy atom. The summed E-state index contributed by atoms with van der Waals surface area (Å²) >= 11 is 0. The number of hydrogen-bond acceptors (Lipinski definition) is 9. The van der Waals surface area contributed by atoms with E-state index in [1.807, 2.05) is 6.08 Å². The van der Waals surface area contributed by atoms with Crippen molar-refractivity contribution in [1.82, 2.24) is 0 Å². The van der Waals surface area contributed by atoms with Crippen molar-refractivity contribution in [3.63, 3.8) is 0 Å². The van der Waals surface area contributed by atoms with E-state index in [-0.39, 0.29) is 19.4 Å². The maximum atomic E-state index is 12.6. The van der Waals surface area contributed by atoms with Crippen molar-refractivity contribution in [1.29, 1.82) is 0 Å². The molecule has 11 heteroatoms. The largest absolute Gasteiger partial charge is 0.472 e. The number of ether oxygens (including phenoxy) is 2. The van der Waals surface area contributed by atoms with Crippen molar-refractivity contribution in [2.45, 2.75) is 192 Å². The number of aliphatic hydroxyl groups is 2. The summed E-state index contributed by atoms with van der Waals surface area (Å²) in [5.41, 5.74) is 0. The van der Waals surface area contributed by atoms with Crippen molar-refractivity contribution in [2.24, 2.45) is 0 Å². The predicted octanol–water partition coefficient (Wildman–Crippen LogP) is 10.2. The molecular weight excluding hydrogens is 671 g/mol. The summed E-state index contributed by atoms with van der Waals surface area (Å²) in [6.45, 7) is 3.87. The molecule has 0 heterocycles. The molecule has 0 saturated carbocycles. The first-order valence-corrected chi connectivity index (χ1v) is 21.7. The van der Waals surface area contributed by atoms with Gasteiger partial charge in [-0.05, 0) is 51.4 Å². The second-order valence-electron chi connectivity index (χ2n) is 13.7. The van der Waals surface area contributed by atoms with E-state index < -0.39 is 51.8 Å². The summed E-state index contributed by atoms with van der Waals surface area (Å²) in [5, 5.41) is 18.3. The molecule has 0 rings (SSSR count). The van der Waals surface area contributed by atoms with Crippen LogP contribution < -0.4 is 0 Å². The number of allylic oxidation sites excluding steroid dienone is 3. The van der Waals surface area contributed by atoms with E-state index in [0.717, 1.165) is 51.4 Å². The number of aliphatic hydroxyl groups excluding tert-OH is 2. The molecule has 0 radical (unpaired) electrons. The Kier molecular flexibility index (Phi) is 35.7. The second-order valence-corrected chi connectivity index (χ2v) is 15.2. The van der Waals surface area contributed by atoms with Crippen LogP contribution in [0.15, 0.2) is 24.8 Å². The molecule has 0 fully saturated rings. The lowest BCUT2D eigenvalue weighted by Gasteiger charge is -2.20. The Morgan fingerprint density at radius 3 is 1.57 bits per heavy atom. The molecule has 0 spiro atoms. The predicted molar refractivity (Wildman–Crippen MR) is 205 cm³/mol. The van der Waals surface area contributed by atoms with Crippen molar-refractivity contribution in [3.8, 4) is 0 Å². The van der Waals surface area contributed by atoms with Gasteiger partial charge in [0.05, 0.1) is 19.8 Å². The van der Waals surface area contributed by atoms with E-state index in [1.54, 1.807) is 0 Å². The molecule has 1 unspecified atom stereocenters. The third kappa shape index (κ3) is 36.6. The normalized spacial score (nSPS) is 14.0. The van der Waals surface area contributed by atoms with Crippen molar-refractivity contribution >= 4 is 19.8 Å². The van der Waals surface area contributed by atoms with Crippen LogP contribution in [0.5, 0.6) is 0 Å². The van der Waals surface area contributed by atoms with E-state index in [4.69, 9.17) is 19.1 Å². The first kappa shape index (κ1) is 49.5. The van der Waals surface area contributed by atoms with Crippen LogP contribution in [0.25, 0.3) is 0 Å². The molecule has 300 valence electrons. The van der Waals surface area contributed by atoms with Crippen LogP contribution in [-0.4, -0.2) is 65.7 Å². The summed E-state index contributed by atoms with van der Waals surface area (Å²) in [7, 11) is -4.61. The summed E-state index contributed by atoms with van der Waals surface area (Å²) in [6.07, 6.45) is 33.2. The van der Waals surface area contributed by atoms with Gasteiger partial charge in [0.1, 0.15) is 12.7 Å². The minimum Gasteiger partial charge on any atom is -0.462 e. The lowest BCUT2D eigenvalue weighted by atomic mass is 10.0. The van der Waals surface area contributed by atoms with Crippen LogP contribution in [0.2, 0.25) is 0 Å². The molecule has 10 nitrogen and oxygen atoms in total. The lowest BCUT2D eigenvalue weighted by molar-refractivity contribution is -0.161. The minimum atomic E-state index is -4.61. The number of carbonyl (C=O) groups is 2. The van der Waals surface area contributed by atoms with Crippen LogP contribution in [0.4, 0.5) is 0 Å². The summed E-state index contributed by atoms with van der Waals surface area (Å²) in [5.74, 6) is -0.943. The first-order valence-electron chi connectivity index (χ1n) is 20.3. The Hall–Kier alpha value is -1.55. The van der Waals surface area contributed by atoms with Crippen molar-refractivity contribution < 1.29 is 47.8 Å². The monoisotopic (exact) mass is 747 g/mol. The van der Waals surface area contributed by atoms with E-state index in [2.05, 4.69) is 30.2 Å². The molecule has 0 aliphatic heterocycles. The van der Waals surface area contributed by atoms with Gasteiger partial charge in [0.2, 0.25) is 0 Å². The quantitative estimate of drug-likeness (QED) is 0.0240. The van der Waals surface area contributed by atoms with Crippen LogP contribution in [0, 0.1) is 0 Å². The third-order valence-corrected chi connectivity index (χ3v) is 9.68. The van der Waals surface area contributed by atoms with Gasteiger partial charge in [-0.15, -0.1) is 6.58 Å². The molecule has 3 N–H and O–H groups in total. The second kappa shape index (κ2) is 36.8. The van der Waals surface area contributed by atoms with Gasteiger partial charge in [-0.25, -0.2) is 4.57 Å².